The summed E-state index contributed by atoms with van der Waals surface area (Å²) in [6, 6.07) is 7.61. The molecule has 30 heavy (non-hydrogen) atoms. The van der Waals surface area contributed by atoms with E-state index in [9.17, 15) is 4.79 Å². The first-order valence-corrected chi connectivity index (χ1v) is 11.4. The smallest absolute Gasteiger partial charge is 0.165 e. The van der Waals surface area contributed by atoms with Crippen molar-refractivity contribution in [1.82, 2.24) is 0 Å². The molecule has 2 atom stereocenters. The average Bonchev–Trinajstić information content (AvgIpc) is 2.81. The molecule has 0 N–H and O–H groups in total. The molecular formula is C28H38O2. The topological polar surface area (TPSA) is 26.3 Å². The Morgan fingerprint density at radius 3 is 2.70 bits per heavy atom. The molecule has 0 aliphatic heterocycles. The molecule has 0 saturated heterocycles. The molecule has 1 aliphatic rings. The summed E-state index contributed by atoms with van der Waals surface area (Å²) in [4.78, 5) is 12.8. The maximum Gasteiger partial charge on any atom is 0.165 e. The Bertz CT molecular complexity index is 792. The van der Waals surface area contributed by atoms with Crippen LogP contribution >= 0.6 is 0 Å². The fraction of sp³-hybridized carbons (Fsp3) is 0.464. The molecular weight excluding hydrogens is 368 g/mol. The standard InChI is InChI=1S/C28H38O2/c1-6-8-11-24(7-2)20-23(5)28(29)25-14-17-27(18-15-25)30-26-12-9-10-21(3)19-22(4)13-16-26/h7,11,14-19,21,23H,2,6,8-10,12-13,20H2,1,3-5H3. The highest BCUT2D eigenvalue weighted by Gasteiger charge is 2.16. The van der Waals surface area contributed by atoms with E-state index < -0.39 is 0 Å². The summed E-state index contributed by atoms with van der Waals surface area (Å²) in [5.74, 6) is 2.56. The summed E-state index contributed by atoms with van der Waals surface area (Å²) in [7, 11) is 0. The molecule has 2 rings (SSSR count). The first-order chi connectivity index (χ1) is 14.4. The number of allylic oxidation sites excluding steroid dienone is 7. The highest BCUT2D eigenvalue weighted by molar-refractivity contribution is 5.97. The van der Waals surface area contributed by atoms with Crippen LogP contribution in [0.1, 0.15) is 83.0 Å². The molecule has 0 bridgehead atoms. The lowest BCUT2D eigenvalue weighted by Crippen LogP contribution is -2.12. The van der Waals surface area contributed by atoms with Crippen molar-refractivity contribution in [2.75, 3.05) is 0 Å². The Balaban J connectivity index is 2.00. The molecule has 2 heteroatoms. The molecule has 1 aromatic rings. The van der Waals surface area contributed by atoms with Gasteiger partial charge in [-0.15, -0.1) is 0 Å². The van der Waals surface area contributed by atoms with Gasteiger partial charge < -0.3 is 4.74 Å². The number of unbranched alkanes of at least 4 members (excludes halogenated alkanes) is 1. The van der Waals surface area contributed by atoms with E-state index >= 15 is 0 Å². The van der Waals surface area contributed by atoms with Gasteiger partial charge >= 0.3 is 0 Å². The fourth-order valence-electron chi connectivity index (χ4n) is 3.85. The van der Waals surface area contributed by atoms with E-state index in [0.717, 1.165) is 61.2 Å². The summed E-state index contributed by atoms with van der Waals surface area (Å²) >= 11 is 0. The highest BCUT2D eigenvalue weighted by atomic mass is 16.5. The number of Topliss-reactive ketones (excluding diaryl/α,β-unsaturated/α-hetero) is 1. The van der Waals surface area contributed by atoms with Crippen molar-refractivity contribution in [1.29, 1.82) is 0 Å². The monoisotopic (exact) mass is 406 g/mol. The molecule has 2 unspecified atom stereocenters. The van der Waals surface area contributed by atoms with Gasteiger partial charge in [0.25, 0.3) is 0 Å². The zero-order chi connectivity index (χ0) is 21.9. The number of carbonyl (C=O) groups excluding carboxylic acids is 1. The number of ketones is 1. The molecule has 0 radical (unpaired) electrons. The van der Waals surface area contributed by atoms with Crippen molar-refractivity contribution < 1.29 is 9.53 Å². The molecule has 0 amide bonds. The molecule has 0 saturated carbocycles. The van der Waals surface area contributed by atoms with Crippen molar-refractivity contribution in [2.45, 2.75) is 72.6 Å². The van der Waals surface area contributed by atoms with Gasteiger partial charge in [0.05, 0.1) is 0 Å². The van der Waals surface area contributed by atoms with Crippen LogP contribution in [0.15, 0.2) is 72.1 Å². The lowest BCUT2D eigenvalue weighted by molar-refractivity contribution is 0.0930. The summed E-state index contributed by atoms with van der Waals surface area (Å²) in [5, 5.41) is 0. The van der Waals surface area contributed by atoms with Crippen molar-refractivity contribution >= 4 is 5.78 Å². The van der Waals surface area contributed by atoms with Gasteiger partial charge in [-0.3, -0.25) is 4.79 Å². The minimum atomic E-state index is -0.0632. The molecule has 162 valence electrons. The largest absolute Gasteiger partial charge is 0.462 e. The Morgan fingerprint density at radius 1 is 1.30 bits per heavy atom. The predicted molar refractivity (Wildman–Crippen MR) is 128 cm³/mol. The van der Waals surface area contributed by atoms with Gasteiger partial charge in [0, 0.05) is 17.9 Å². The summed E-state index contributed by atoms with van der Waals surface area (Å²) < 4.78 is 6.15. The summed E-state index contributed by atoms with van der Waals surface area (Å²) in [6.07, 6.45) is 15.7. The van der Waals surface area contributed by atoms with Crippen molar-refractivity contribution in [3.05, 3.63) is 77.6 Å². The second-order valence-electron chi connectivity index (χ2n) is 8.62. The number of ether oxygens (including phenoxy) is 1. The lowest BCUT2D eigenvalue weighted by Gasteiger charge is -2.13. The SMILES string of the molecule is C=CC(=CCCC)CC(C)C(=O)c1ccc(OC2=CCC(C)=CC(C)CCC2)cc1. The maximum atomic E-state index is 12.8. The first kappa shape index (κ1) is 23.9. The molecule has 0 spiro atoms. The maximum absolute atomic E-state index is 12.8. The summed E-state index contributed by atoms with van der Waals surface area (Å²) in [6.45, 7) is 12.5. The van der Waals surface area contributed by atoms with Crippen LogP contribution < -0.4 is 4.74 Å². The molecule has 2 nitrogen and oxygen atoms in total. The number of benzene rings is 1. The van der Waals surface area contributed by atoms with E-state index in [0.29, 0.717) is 5.92 Å². The van der Waals surface area contributed by atoms with Gasteiger partial charge in [0.15, 0.2) is 5.78 Å². The molecule has 0 aromatic heterocycles. The third kappa shape index (κ3) is 7.82. The van der Waals surface area contributed by atoms with E-state index in [-0.39, 0.29) is 11.7 Å². The van der Waals surface area contributed by atoms with Gasteiger partial charge in [-0.05, 0) is 75.3 Å². The van der Waals surface area contributed by atoms with Crippen LogP contribution in [-0.2, 0) is 0 Å². The Labute approximate surface area is 183 Å². The van der Waals surface area contributed by atoms with Crippen molar-refractivity contribution in [2.24, 2.45) is 11.8 Å². The molecule has 1 aromatic carbocycles. The number of hydrogen-bond acceptors (Lipinski definition) is 2. The van der Waals surface area contributed by atoms with Gasteiger partial charge in [0.1, 0.15) is 11.5 Å². The van der Waals surface area contributed by atoms with Gasteiger partial charge in [-0.25, -0.2) is 0 Å². The van der Waals surface area contributed by atoms with Crippen molar-refractivity contribution in [3.63, 3.8) is 0 Å². The van der Waals surface area contributed by atoms with Crippen LogP contribution in [-0.4, -0.2) is 5.78 Å². The van der Waals surface area contributed by atoms with E-state index in [4.69, 9.17) is 4.74 Å². The Kier molecular flexibility index (Phi) is 9.86. The lowest BCUT2D eigenvalue weighted by atomic mass is 9.92. The van der Waals surface area contributed by atoms with Crippen LogP contribution in [0.4, 0.5) is 0 Å². The second kappa shape index (κ2) is 12.4. The van der Waals surface area contributed by atoms with Crippen LogP contribution in [0, 0.1) is 11.8 Å². The van der Waals surface area contributed by atoms with Crippen LogP contribution in [0.25, 0.3) is 0 Å². The van der Waals surface area contributed by atoms with Gasteiger partial charge in [-0.1, -0.05) is 63.1 Å². The van der Waals surface area contributed by atoms with Gasteiger partial charge in [0.2, 0.25) is 0 Å². The van der Waals surface area contributed by atoms with Crippen LogP contribution in [0.3, 0.4) is 0 Å². The third-order valence-corrected chi connectivity index (χ3v) is 5.64. The normalized spacial score (nSPS) is 18.9. The number of hydrogen-bond donors (Lipinski definition) is 0. The molecule has 0 fully saturated rings. The van der Waals surface area contributed by atoms with E-state index in [1.807, 2.05) is 37.3 Å². The zero-order valence-electron chi connectivity index (χ0n) is 19.2. The zero-order valence-corrected chi connectivity index (χ0v) is 19.2. The minimum Gasteiger partial charge on any atom is -0.462 e. The molecule has 1 aliphatic carbocycles. The van der Waals surface area contributed by atoms with Gasteiger partial charge in [-0.2, -0.15) is 0 Å². The predicted octanol–water partition coefficient (Wildman–Crippen LogP) is 8.23. The van der Waals surface area contributed by atoms with Crippen LogP contribution in [0.2, 0.25) is 0 Å². The Hall–Kier alpha value is -2.35. The quantitative estimate of drug-likeness (QED) is 0.234. The number of carbonyl (C=O) groups is 1. The number of rotatable bonds is 9. The average molecular weight is 407 g/mol. The fourth-order valence-corrected chi connectivity index (χ4v) is 3.85. The molecule has 0 heterocycles. The minimum absolute atomic E-state index is 0.0632. The third-order valence-electron chi connectivity index (χ3n) is 5.64. The second-order valence-corrected chi connectivity index (χ2v) is 8.62. The van der Waals surface area contributed by atoms with Crippen molar-refractivity contribution in [3.8, 4) is 5.75 Å². The van der Waals surface area contributed by atoms with E-state index in [1.165, 1.54) is 12.0 Å². The van der Waals surface area contributed by atoms with Crippen LogP contribution in [0.5, 0.6) is 5.75 Å². The highest BCUT2D eigenvalue weighted by Crippen LogP contribution is 2.25. The van der Waals surface area contributed by atoms with E-state index in [1.54, 1.807) is 0 Å². The first-order valence-electron chi connectivity index (χ1n) is 11.4. The Morgan fingerprint density at radius 2 is 2.03 bits per heavy atom. The van der Waals surface area contributed by atoms with E-state index in [2.05, 4.69) is 45.6 Å². The summed E-state index contributed by atoms with van der Waals surface area (Å²) in [5.41, 5.74) is 3.29.